The van der Waals surface area contributed by atoms with Gasteiger partial charge in [-0.05, 0) is 45.4 Å². The second kappa shape index (κ2) is 6.87. The van der Waals surface area contributed by atoms with E-state index in [0.29, 0.717) is 38.3 Å². The first-order valence-corrected chi connectivity index (χ1v) is 7.81. The summed E-state index contributed by atoms with van der Waals surface area (Å²) in [5.74, 6) is -0.983. The molecule has 20 heavy (non-hydrogen) atoms. The van der Waals surface area contributed by atoms with E-state index in [0.717, 1.165) is 32.5 Å². The molecule has 0 aromatic carbocycles. The number of ether oxygens (including phenoxy) is 1. The van der Waals surface area contributed by atoms with E-state index in [1.54, 1.807) is 0 Å². The number of hydrogen-bond acceptors (Lipinski definition) is 4. The molecular weight excluding hydrogens is 258 g/mol. The van der Waals surface area contributed by atoms with Crippen molar-refractivity contribution in [3.05, 3.63) is 0 Å². The van der Waals surface area contributed by atoms with Crippen LogP contribution in [0, 0.1) is 5.92 Å². The average molecular weight is 285 g/mol. The SMILES string of the molecule is CCOC1CCN(CC2(O)CCC(C(=O)O)CC2)CC1. The summed E-state index contributed by atoms with van der Waals surface area (Å²) in [6.07, 6.45) is 4.84. The Kier molecular flexibility index (Phi) is 5.41. The minimum atomic E-state index is -0.718. The van der Waals surface area contributed by atoms with Crippen molar-refractivity contribution in [2.75, 3.05) is 26.2 Å². The fourth-order valence-electron chi connectivity index (χ4n) is 3.45. The van der Waals surface area contributed by atoms with Gasteiger partial charge < -0.3 is 19.8 Å². The second-order valence-corrected chi connectivity index (χ2v) is 6.27. The van der Waals surface area contributed by atoms with E-state index in [9.17, 15) is 9.90 Å². The molecule has 0 radical (unpaired) electrons. The van der Waals surface area contributed by atoms with Gasteiger partial charge in [-0.2, -0.15) is 0 Å². The van der Waals surface area contributed by atoms with E-state index < -0.39 is 11.6 Å². The zero-order valence-electron chi connectivity index (χ0n) is 12.4. The molecule has 5 heteroatoms. The molecule has 116 valence electrons. The monoisotopic (exact) mass is 285 g/mol. The van der Waals surface area contributed by atoms with Crippen LogP contribution >= 0.6 is 0 Å². The number of hydrogen-bond donors (Lipinski definition) is 2. The number of likely N-dealkylation sites (tertiary alicyclic amines) is 1. The molecule has 5 nitrogen and oxygen atoms in total. The number of carbonyl (C=O) groups is 1. The van der Waals surface area contributed by atoms with Gasteiger partial charge in [0.15, 0.2) is 0 Å². The first kappa shape index (κ1) is 15.7. The van der Waals surface area contributed by atoms with E-state index in [2.05, 4.69) is 4.90 Å². The van der Waals surface area contributed by atoms with E-state index in [1.165, 1.54) is 0 Å². The van der Waals surface area contributed by atoms with Crippen LogP contribution in [0.5, 0.6) is 0 Å². The number of aliphatic carboxylic acids is 1. The Balaban J connectivity index is 1.75. The lowest BCUT2D eigenvalue weighted by atomic mass is 9.78. The molecule has 0 spiro atoms. The van der Waals surface area contributed by atoms with Crippen molar-refractivity contribution in [2.45, 2.75) is 57.2 Å². The van der Waals surface area contributed by atoms with E-state index in [4.69, 9.17) is 9.84 Å². The van der Waals surface area contributed by atoms with Crippen LogP contribution in [0.4, 0.5) is 0 Å². The highest BCUT2D eigenvalue weighted by Gasteiger charge is 2.37. The van der Waals surface area contributed by atoms with Crippen LogP contribution in [-0.2, 0) is 9.53 Å². The van der Waals surface area contributed by atoms with Crippen molar-refractivity contribution in [3.63, 3.8) is 0 Å². The summed E-state index contributed by atoms with van der Waals surface area (Å²) in [4.78, 5) is 13.2. The lowest BCUT2D eigenvalue weighted by Crippen LogP contribution is -2.49. The second-order valence-electron chi connectivity index (χ2n) is 6.27. The summed E-state index contributed by atoms with van der Waals surface area (Å²) in [7, 11) is 0. The lowest BCUT2D eigenvalue weighted by Gasteiger charge is -2.41. The normalized spacial score (nSPS) is 33.2. The molecular formula is C15H27NO4. The zero-order chi connectivity index (χ0) is 14.6. The van der Waals surface area contributed by atoms with Gasteiger partial charge in [0.05, 0.1) is 17.6 Å². The van der Waals surface area contributed by atoms with Crippen molar-refractivity contribution in [1.82, 2.24) is 4.90 Å². The molecule has 2 aliphatic rings. The molecule has 0 atom stereocenters. The van der Waals surface area contributed by atoms with Crippen molar-refractivity contribution < 1.29 is 19.7 Å². The molecule has 0 amide bonds. The quantitative estimate of drug-likeness (QED) is 0.801. The fourth-order valence-corrected chi connectivity index (χ4v) is 3.45. The van der Waals surface area contributed by atoms with Gasteiger partial charge >= 0.3 is 5.97 Å². The summed E-state index contributed by atoms with van der Waals surface area (Å²) in [6.45, 7) is 5.41. The molecule has 2 fully saturated rings. The van der Waals surface area contributed by atoms with Crippen LogP contribution in [0.15, 0.2) is 0 Å². The summed E-state index contributed by atoms with van der Waals surface area (Å²) in [6, 6.07) is 0. The third-order valence-corrected chi connectivity index (χ3v) is 4.72. The Bertz CT molecular complexity index is 318. The molecule has 1 aliphatic carbocycles. The van der Waals surface area contributed by atoms with E-state index in [1.807, 2.05) is 6.92 Å². The molecule has 1 saturated heterocycles. The van der Waals surface area contributed by atoms with Gasteiger partial charge in [-0.1, -0.05) is 0 Å². The van der Waals surface area contributed by atoms with E-state index >= 15 is 0 Å². The molecule has 1 saturated carbocycles. The summed E-state index contributed by atoms with van der Waals surface area (Å²) in [5.41, 5.74) is -0.690. The molecule has 0 aromatic heterocycles. The van der Waals surface area contributed by atoms with Crippen molar-refractivity contribution in [2.24, 2.45) is 5.92 Å². The summed E-state index contributed by atoms with van der Waals surface area (Å²) in [5, 5.41) is 19.6. The Morgan fingerprint density at radius 2 is 1.85 bits per heavy atom. The number of aliphatic hydroxyl groups is 1. The van der Waals surface area contributed by atoms with Crippen LogP contribution < -0.4 is 0 Å². The minimum Gasteiger partial charge on any atom is -0.481 e. The van der Waals surface area contributed by atoms with Crippen LogP contribution in [-0.4, -0.2) is 59.0 Å². The minimum absolute atomic E-state index is 0.265. The first-order chi connectivity index (χ1) is 9.52. The Hall–Kier alpha value is -0.650. The molecule has 0 bridgehead atoms. The largest absolute Gasteiger partial charge is 0.481 e. The smallest absolute Gasteiger partial charge is 0.306 e. The maximum atomic E-state index is 10.9. The number of rotatable bonds is 5. The third-order valence-electron chi connectivity index (χ3n) is 4.72. The van der Waals surface area contributed by atoms with Crippen LogP contribution in [0.25, 0.3) is 0 Å². The first-order valence-electron chi connectivity index (χ1n) is 7.81. The number of nitrogens with zero attached hydrogens (tertiary/aromatic N) is 1. The fraction of sp³-hybridized carbons (Fsp3) is 0.933. The standard InChI is InChI=1S/C15H27NO4/c1-2-20-13-5-9-16(10-6-13)11-15(19)7-3-12(4-8-15)14(17)18/h12-13,19H,2-11H2,1H3,(H,17,18). The number of carboxylic acid groups (broad SMARTS) is 1. The van der Waals surface area contributed by atoms with Crippen molar-refractivity contribution >= 4 is 5.97 Å². The Morgan fingerprint density at radius 3 is 2.35 bits per heavy atom. The van der Waals surface area contributed by atoms with Gasteiger partial charge in [0.25, 0.3) is 0 Å². The predicted molar refractivity (Wildman–Crippen MR) is 75.6 cm³/mol. The molecule has 2 N–H and O–H groups in total. The summed E-state index contributed by atoms with van der Waals surface area (Å²) >= 11 is 0. The van der Waals surface area contributed by atoms with Gasteiger partial charge in [0, 0.05) is 26.2 Å². The Morgan fingerprint density at radius 1 is 1.25 bits per heavy atom. The number of carboxylic acids is 1. The summed E-state index contributed by atoms with van der Waals surface area (Å²) < 4.78 is 5.63. The van der Waals surface area contributed by atoms with Crippen molar-refractivity contribution in [1.29, 1.82) is 0 Å². The third kappa shape index (κ3) is 4.17. The highest BCUT2D eigenvalue weighted by molar-refractivity contribution is 5.70. The lowest BCUT2D eigenvalue weighted by molar-refractivity contribution is -0.145. The highest BCUT2D eigenvalue weighted by Crippen LogP contribution is 2.33. The molecule has 0 aromatic rings. The molecule has 1 heterocycles. The van der Waals surface area contributed by atoms with Gasteiger partial charge in [-0.15, -0.1) is 0 Å². The predicted octanol–water partition coefficient (Wildman–Crippen LogP) is 1.49. The molecule has 1 aliphatic heterocycles. The molecule has 2 rings (SSSR count). The molecule has 0 unspecified atom stereocenters. The topological polar surface area (TPSA) is 70.0 Å². The Labute approximate surface area is 120 Å². The van der Waals surface area contributed by atoms with E-state index in [-0.39, 0.29) is 5.92 Å². The maximum absolute atomic E-state index is 10.9. The highest BCUT2D eigenvalue weighted by atomic mass is 16.5. The van der Waals surface area contributed by atoms with Gasteiger partial charge in [0.2, 0.25) is 0 Å². The average Bonchev–Trinajstić information content (AvgIpc) is 2.41. The van der Waals surface area contributed by atoms with Crippen molar-refractivity contribution in [3.8, 4) is 0 Å². The van der Waals surface area contributed by atoms with Crippen LogP contribution in [0.3, 0.4) is 0 Å². The number of piperidine rings is 1. The van der Waals surface area contributed by atoms with Gasteiger partial charge in [-0.3, -0.25) is 4.79 Å². The zero-order valence-corrected chi connectivity index (χ0v) is 12.4. The van der Waals surface area contributed by atoms with Crippen LogP contribution in [0.2, 0.25) is 0 Å². The van der Waals surface area contributed by atoms with Crippen LogP contribution in [0.1, 0.15) is 45.4 Å². The van der Waals surface area contributed by atoms with Gasteiger partial charge in [0.1, 0.15) is 0 Å². The number of β-amino-alcohol motifs (C(OH)–C–C–N with tert-alkyl or cyclic N) is 1. The van der Waals surface area contributed by atoms with Gasteiger partial charge in [-0.25, -0.2) is 0 Å². The maximum Gasteiger partial charge on any atom is 0.306 e.